The molecule has 8 heteroatoms. The smallest absolute Gasteiger partial charge is 0.298 e. The molecule has 0 aliphatic heterocycles. The third kappa shape index (κ3) is 6.70. The molecule has 7 nitrogen and oxygen atoms in total. The number of amides is 3. The van der Waals surface area contributed by atoms with E-state index in [2.05, 4.69) is 16.2 Å². The molecule has 0 aromatic heterocycles. The number of nitrogens with one attached hydrogen (secondary N) is 3. The van der Waals surface area contributed by atoms with Crippen LogP contribution >= 0.6 is 11.8 Å². The number of hydrogen-bond acceptors (Lipinski definition) is 5. The van der Waals surface area contributed by atoms with Crippen molar-refractivity contribution in [1.82, 2.24) is 10.9 Å². The summed E-state index contributed by atoms with van der Waals surface area (Å²) in [6.07, 6.45) is 0.791. The fraction of sp³-hybridized carbons (Fsp3) is 0.400. The fourth-order valence-electron chi connectivity index (χ4n) is 1.62. The number of carbonyl (C=O) groups excluding carboxylic acids is 3. The van der Waals surface area contributed by atoms with Crippen LogP contribution in [-0.2, 0) is 16.0 Å². The van der Waals surface area contributed by atoms with Gasteiger partial charge in [-0.3, -0.25) is 25.2 Å². The lowest BCUT2D eigenvalue weighted by Gasteiger charge is -2.11. The van der Waals surface area contributed by atoms with E-state index in [1.165, 1.54) is 6.92 Å². The molecule has 0 saturated carbocycles. The van der Waals surface area contributed by atoms with Crippen molar-refractivity contribution >= 4 is 34.5 Å². The monoisotopic (exact) mass is 339 g/mol. The van der Waals surface area contributed by atoms with Gasteiger partial charge in [0.2, 0.25) is 11.8 Å². The molecule has 126 valence electrons. The van der Waals surface area contributed by atoms with E-state index in [4.69, 9.17) is 5.11 Å². The van der Waals surface area contributed by atoms with E-state index in [0.717, 1.165) is 29.4 Å². The summed E-state index contributed by atoms with van der Waals surface area (Å²) in [6, 6.07) is 7.45. The number of aliphatic hydroxyl groups excluding tert-OH is 1. The van der Waals surface area contributed by atoms with Crippen LogP contribution in [0.15, 0.2) is 24.3 Å². The summed E-state index contributed by atoms with van der Waals surface area (Å²) >= 11 is 0.739. The normalized spacial score (nSPS) is 11.4. The molecule has 1 atom stereocenters. The maximum Gasteiger partial charge on any atom is 0.298 e. The molecule has 0 spiro atoms. The van der Waals surface area contributed by atoms with Gasteiger partial charge < -0.3 is 10.4 Å². The number of thioether (sulfide) groups is 1. The second-order valence-electron chi connectivity index (χ2n) is 4.83. The molecule has 3 amide bonds. The molecule has 0 saturated heterocycles. The first kappa shape index (κ1) is 19.0. The third-order valence-electron chi connectivity index (χ3n) is 3.02. The van der Waals surface area contributed by atoms with E-state index in [1.807, 2.05) is 25.1 Å². The van der Waals surface area contributed by atoms with Crippen molar-refractivity contribution in [3.8, 4) is 0 Å². The molecule has 0 aliphatic carbocycles. The topological polar surface area (TPSA) is 108 Å². The first-order chi connectivity index (χ1) is 11.0. The lowest BCUT2D eigenvalue weighted by atomic mass is 10.1. The van der Waals surface area contributed by atoms with Crippen molar-refractivity contribution in [3.63, 3.8) is 0 Å². The summed E-state index contributed by atoms with van der Waals surface area (Å²) in [5, 5.41) is 11.0. The molecule has 1 rings (SSSR count). The van der Waals surface area contributed by atoms with Gasteiger partial charge in [-0.2, -0.15) is 0 Å². The maximum absolute atomic E-state index is 11.8. The van der Waals surface area contributed by atoms with Crippen LogP contribution in [0.2, 0.25) is 0 Å². The molecule has 0 fully saturated rings. The van der Waals surface area contributed by atoms with Crippen LogP contribution in [0.3, 0.4) is 0 Å². The largest absolute Gasteiger partial charge is 0.396 e. The van der Waals surface area contributed by atoms with Gasteiger partial charge in [-0.25, -0.2) is 0 Å². The van der Waals surface area contributed by atoms with Crippen molar-refractivity contribution < 1.29 is 19.5 Å². The molecular formula is C15H21N3O4S. The summed E-state index contributed by atoms with van der Waals surface area (Å²) < 4.78 is 0. The average Bonchev–Trinajstić information content (AvgIpc) is 2.57. The van der Waals surface area contributed by atoms with Gasteiger partial charge in [0, 0.05) is 5.69 Å². The number of rotatable bonds is 6. The van der Waals surface area contributed by atoms with E-state index in [1.54, 1.807) is 6.07 Å². The Morgan fingerprint density at radius 1 is 1.22 bits per heavy atom. The number of carbonyl (C=O) groups is 3. The van der Waals surface area contributed by atoms with Crippen molar-refractivity contribution in [3.05, 3.63) is 29.8 Å². The number of para-hydroxylation sites is 1. The molecule has 1 aromatic carbocycles. The quantitative estimate of drug-likeness (QED) is 0.584. The highest BCUT2D eigenvalue weighted by molar-refractivity contribution is 8.14. The summed E-state index contributed by atoms with van der Waals surface area (Å²) in [7, 11) is 0. The Morgan fingerprint density at radius 3 is 2.57 bits per heavy atom. The molecule has 23 heavy (non-hydrogen) atoms. The first-order valence-electron chi connectivity index (χ1n) is 7.19. The van der Waals surface area contributed by atoms with Crippen LogP contribution in [0.25, 0.3) is 0 Å². The van der Waals surface area contributed by atoms with Crippen LogP contribution in [0.4, 0.5) is 10.5 Å². The summed E-state index contributed by atoms with van der Waals surface area (Å²) in [5.41, 5.74) is 6.09. The maximum atomic E-state index is 11.8. The highest BCUT2D eigenvalue weighted by Gasteiger charge is 2.13. The van der Waals surface area contributed by atoms with Gasteiger partial charge >= 0.3 is 0 Å². The van der Waals surface area contributed by atoms with E-state index < -0.39 is 17.1 Å². The molecular weight excluding hydrogens is 318 g/mol. The first-order valence-corrected chi connectivity index (χ1v) is 8.17. The van der Waals surface area contributed by atoms with Crippen LogP contribution in [0.5, 0.6) is 0 Å². The number of hydrazine groups is 1. The van der Waals surface area contributed by atoms with Crippen LogP contribution in [0, 0.1) is 5.92 Å². The molecule has 4 N–H and O–H groups in total. The number of aliphatic hydroxyl groups is 1. The van der Waals surface area contributed by atoms with Gasteiger partial charge in [0.25, 0.3) is 5.24 Å². The van der Waals surface area contributed by atoms with Gasteiger partial charge in [-0.1, -0.05) is 43.8 Å². The molecule has 0 heterocycles. The average molecular weight is 339 g/mol. The number of hydrogen-bond donors (Lipinski definition) is 4. The predicted molar refractivity (Wildman–Crippen MR) is 89.8 cm³/mol. The van der Waals surface area contributed by atoms with Crippen LogP contribution in [0.1, 0.15) is 19.4 Å². The zero-order valence-corrected chi connectivity index (χ0v) is 13.9. The van der Waals surface area contributed by atoms with E-state index in [9.17, 15) is 14.4 Å². The van der Waals surface area contributed by atoms with Crippen LogP contribution in [-0.4, -0.2) is 34.5 Å². The second kappa shape index (κ2) is 9.86. The highest BCUT2D eigenvalue weighted by atomic mass is 32.2. The Kier molecular flexibility index (Phi) is 8.14. The van der Waals surface area contributed by atoms with Crippen molar-refractivity contribution in [2.75, 3.05) is 17.7 Å². The Morgan fingerprint density at radius 2 is 1.91 bits per heavy atom. The van der Waals surface area contributed by atoms with E-state index >= 15 is 0 Å². The van der Waals surface area contributed by atoms with Gasteiger partial charge in [-0.05, 0) is 18.1 Å². The Bertz CT molecular complexity index is 565. The molecule has 1 aromatic rings. The standard InChI is InChI=1S/C15H21N3O4S/c1-3-11-6-4-5-7-12(11)16-13(20)9-23-15(22)18-17-14(21)10(2)8-19/h4-7,10,19H,3,8-9H2,1-2H3,(H,16,20)(H,17,21)(H,18,22)/t10-/m1/s1. The minimum Gasteiger partial charge on any atom is -0.396 e. The van der Waals surface area contributed by atoms with Gasteiger partial charge in [-0.15, -0.1) is 0 Å². The third-order valence-corrected chi connectivity index (χ3v) is 3.79. The second-order valence-corrected chi connectivity index (χ2v) is 5.78. The Hall–Kier alpha value is -2.06. The minimum absolute atomic E-state index is 0.0741. The lowest BCUT2D eigenvalue weighted by molar-refractivity contribution is -0.126. The van der Waals surface area contributed by atoms with Gasteiger partial charge in [0.05, 0.1) is 18.3 Å². The number of benzene rings is 1. The summed E-state index contributed by atoms with van der Waals surface area (Å²) in [6.45, 7) is 3.20. The van der Waals surface area contributed by atoms with Gasteiger partial charge in [0.15, 0.2) is 0 Å². The van der Waals surface area contributed by atoms with E-state index in [0.29, 0.717) is 0 Å². The summed E-state index contributed by atoms with van der Waals surface area (Å²) in [5.74, 6) is -1.49. The minimum atomic E-state index is -0.617. The Balaban J connectivity index is 2.35. The van der Waals surface area contributed by atoms with Crippen molar-refractivity contribution in [2.45, 2.75) is 20.3 Å². The van der Waals surface area contributed by atoms with Crippen molar-refractivity contribution in [1.29, 1.82) is 0 Å². The van der Waals surface area contributed by atoms with Crippen molar-refractivity contribution in [2.24, 2.45) is 5.92 Å². The summed E-state index contributed by atoms with van der Waals surface area (Å²) in [4.78, 5) is 34.7. The molecule has 0 radical (unpaired) electrons. The SMILES string of the molecule is CCc1ccccc1NC(=O)CSC(=O)NNC(=O)[C@H](C)CO. The molecule has 0 bridgehead atoms. The zero-order chi connectivity index (χ0) is 17.2. The van der Waals surface area contributed by atoms with E-state index in [-0.39, 0.29) is 18.3 Å². The highest BCUT2D eigenvalue weighted by Crippen LogP contribution is 2.15. The number of anilines is 1. The fourth-order valence-corrected chi connectivity index (χ4v) is 2.08. The zero-order valence-electron chi connectivity index (χ0n) is 13.1. The Labute approximate surface area is 139 Å². The van der Waals surface area contributed by atoms with Crippen LogP contribution < -0.4 is 16.2 Å². The number of aryl methyl sites for hydroxylation is 1. The van der Waals surface area contributed by atoms with Gasteiger partial charge in [0.1, 0.15) is 0 Å². The predicted octanol–water partition coefficient (Wildman–Crippen LogP) is 1.29. The molecule has 0 aliphatic rings. The lowest BCUT2D eigenvalue weighted by Crippen LogP contribution is -2.43. The molecule has 0 unspecified atom stereocenters.